The number of hydrogen-bond acceptors (Lipinski definition) is 13. The lowest BCUT2D eigenvalue weighted by molar-refractivity contribution is -0.328. The summed E-state index contributed by atoms with van der Waals surface area (Å²) in [5, 5.41) is 25.6. The van der Waals surface area contributed by atoms with Crippen molar-refractivity contribution in [2.75, 3.05) is 79.3 Å². The first-order valence-electron chi connectivity index (χ1n) is 7.78. The molecule has 0 heterocycles. The van der Waals surface area contributed by atoms with Crippen molar-refractivity contribution in [1.29, 1.82) is 0 Å². The largest absolute Gasteiger partial charge is 0.556 e. The number of aliphatic hydroxyl groups excluding tert-OH is 3. The molecule has 0 aliphatic heterocycles. The Labute approximate surface area is 150 Å². The first-order valence-corrected chi connectivity index (χ1v) is 9.24. The molecule has 0 aliphatic carbocycles. The lowest BCUT2D eigenvalue weighted by atomic mass is 10.7. The fourth-order valence-corrected chi connectivity index (χ4v) is 1.81. The quantitative estimate of drug-likeness (QED) is 0.0912. The predicted molar refractivity (Wildman–Crippen MR) is 82.4 cm³/mol. The van der Waals surface area contributed by atoms with Gasteiger partial charge in [0, 0.05) is 0 Å². The lowest BCUT2D eigenvalue weighted by Crippen LogP contribution is -2.12. The van der Waals surface area contributed by atoms with E-state index in [0.29, 0.717) is 0 Å². The second-order valence-electron chi connectivity index (χ2n) is 4.14. The van der Waals surface area contributed by atoms with Crippen molar-refractivity contribution in [1.82, 2.24) is 0 Å². The molecule has 0 aliphatic rings. The molecule has 0 aromatic heterocycles. The van der Waals surface area contributed by atoms with Gasteiger partial charge in [0.25, 0.3) is 0 Å². The van der Waals surface area contributed by atoms with Gasteiger partial charge in [0.05, 0.1) is 59.5 Å². The third-order valence-corrected chi connectivity index (χ3v) is 2.94. The zero-order chi connectivity index (χ0) is 19.3. The zero-order valence-corrected chi connectivity index (χ0v) is 15.3. The van der Waals surface area contributed by atoms with Crippen molar-refractivity contribution in [3.8, 4) is 0 Å². The van der Waals surface area contributed by atoms with Crippen LogP contribution >= 0.6 is 7.82 Å². The van der Waals surface area contributed by atoms with E-state index in [-0.39, 0.29) is 79.3 Å². The summed E-state index contributed by atoms with van der Waals surface area (Å²) < 4.78 is 40.5. The van der Waals surface area contributed by atoms with E-state index in [4.69, 9.17) is 29.5 Å². The van der Waals surface area contributed by atoms with Crippen LogP contribution in [0, 0.1) is 0 Å². The maximum Gasteiger partial charge on any atom is 0.556 e. The Balaban J connectivity index is 4.04. The first-order chi connectivity index (χ1) is 12.7. The van der Waals surface area contributed by atoms with Crippen LogP contribution in [0.2, 0.25) is 0 Å². The van der Waals surface area contributed by atoms with Crippen LogP contribution in [-0.2, 0) is 47.5 Å². The second kappa shape index (κ2) is 19.5. The minimum absolute atomic E-state index is 0.0618. The minimum Gasteiger partial charge on any atom is -0.394 e. The highest BCUT2D eigenvalue weighted by atomic mass is 31.2. The molecule has 0 atom stereocenters. The van der Waals surface area contributed by atoms with E-state index in [1.54, 1.807) is 0 Å². The second-order valence-corrected chi connectivity index (χ2v) is 5.49. The van der Waals surface area contributed by atoms with Crippen molar-refractivity contribution in [2.45, 2.75) is 0 Å². The third kappa shape index (κ3) is 17.2. The van der Waals surface area contributed by atoms with Crippen molar-refractivity contribution < 1.29 is 62.8 Å². The molecule has 3 N–H and O–H groups in total. The van der Waals surface area contributed by atoms with Crippen molar-refractivity contribution in [3.63, 3.8) is 0 Å². The van der Waals surface area contributed by atoms with Gasteiger partial charge < -0.3 is 29.5 Å². The molecule has 0 saturated carbocycles. The molecule has 0 saturated heterocycles. The van der Waals surface area contributed by atoms with E-state index in [2.05, 4.69) is 28.7 Å². The standard InChI is InChI=1S/C12H27O13P/c13-1-4-17-7-10-20-23-26(16,24-21-11-8-18-5-2-14)25-22-12-9-19-6-3-15/h13-15H,1-12H2. The van der Waals surface area contributed by atoms with Gasteiger partial charge in [0.15, 0.2) is 0 Å². The van der Waals surface area contributed by atoms with E-state index in [1.807, 2.05) is 0 Å². The molecule has 14 heteroatoms. The molecule has 0 amide bonds. The van der Waals surface area contributed by atoms with Gasteiger partial charge in [-0.25, -0.2) is 19.2 Å². The van der Waals surface area contributed by atoms with E-state index in [9.17, 15) is 4.57 Å². The van der Waals surface area contributed by atoms with Crippen LogP contribution in [0.1, 0.15) is 0 Å². The molecule has 0 rings (SSSR count). The van der Waals surface area contributed by atoms with Gasteiger partial charge in [-0.15, -0.1) is 14.0 Å². The maximum atomic E-state index is 12.2. The molecule has 0 spiro atoms. The molecule has 0 aromatic rings. The highest BCUT2D eigenvalue weighted by Gasteiger charge is 2.32. The maximum absolute atomic E-state index is 12.2. The Kier molecular flexibility index (Phi) is 19.3. The van der Waals surface area contributed by atoms with Crippen LogP contribution in [0.3, 0.4) is 0 Å². The lowest BCUT2D eigenvalue weighted by Gasteiger charge is -2.14. The van der Waals surface area contributed by atoms with Crippen LogP contribution in [0.5, 0.6) is 0 Å². The van der Waals surface area contributed by atoms with Crippen molar-refractivity contribution in [2.24, 2.45) is 0 Å². The van der Waals surface area contributed by atoms with Crippen LogP contribution in [-0.4, -0.2) is 94.6 Å². The van der Waals surface area contributed by atoms with Crippen LogP contribution in [0.4, 0.5) is 0 Å². The van der Waals surface area contributed by atoms with Gasteiger partial charge in [-0.05, 0) is 0 Å². The number of rotatable bonds is 21. The normalized spacial score (nSPS) is 12.0. The summed E-state index contributed by atoms with van der Waals surface area (Å²) in [6.45, 7) is -0.309. The van der Waals surface area contributed by atoms with E-state index < -0.39 is 7.82 Å². The number of hydrogen-bond donors (Lipinski definition) is 3. The molecular weight excluding hydrogens is 383 g/mol. The van der Waals surface area contributed by atoms with Crippen LogP contribution in [0.25, 0.3) is 0 Å². The summed E-state index contributed by atoms with van der Waals surface area (Å²) >= 11 is 0. The van der Waals surface area contributed by atoms with Gasteiger partial charge in [-0.1, -0.05) is 0 Å². The van der Waals surface area contributed by atoms with Gasteiger partial charge in [-0.3, -0.25) is 0 Å². The molecule has 13 nitrogen and oxygen atoms in total. The Bertz CT molecular complexity index is 285. The average molecular weight is 410 g/mol. The Morgan fingerprint density at radius 3 is 1.08 bits per heavy atom. The fraction of sp³-hybridized carbons (Fsp3) is 1.00. The number of aliphatic hydroxyl groups is 3. The summed E-state index contributed by atoms with van der Waals surface area (Å²) in [6.07, 6.45) is 0. The Hall–Kier alpha value is -0.250. The van der Waals surface area contributed by atoms with Gasteiger partial charge in [0.2, 0.25) is 0 Å². The molecular formula is C12H27O13P. The smallest absolute Gasteiger partial charge is 0.394 e. The molecule has 26 heavy (non-hydrogen) atoms. The SMILES string of the molecule is O=P(OOCCOCCO)(OOCCOCCO)OOCCOCCO. The predicted octanol–water partition coefficient (Wildman–Crippen LogP) is -1.03. The van der Waals surface area contributed by atoms with Gasteiger partial charge in [0.1, 0.15) is 19.8 Å². The van der Waals surface area contributed by atoms with E-state index >= 15 is 0 Å². The summed E-state index contributed by atoms with van der Waals surface area (Å²) in [7, 11) is -4.37. The highest BCUT2D eigenvalue weighted by molar-refractivity contribution is 7.48. The summed E-state index contributed by atoms with van der Waals surface area (Å²) in [5.41, 5.74) is 0. The fourth-order valence-electron chi connectivity index (χ4n) is 1.12. The molecule has 0 radical (unpaired) electrons. The number of phosphoric acid groups is 1. The Morgan fingerprint density at radius 2 is 0.808 bits per heavy atom. The first kappa shape index (κ1) is 25.8. The van der Waals surface area contributed by atoms with Crippen molar-refractivity contribution >= 4 is 7.82 Å². The third-order valence-electron chi connectivity index (χ3n) is 2.07. The topological polar surface area (TPSA) is 161 Å². The summed E-state index contributed by atoms with van der Waals surface area (Å²) in [5.74, 6) is 0. The zero-order valence-electron chi connectivity index (χ0n) is 14.4. The van der Waals surface area contributed by atoms with Gasteiger partial charge in [-0.2, -0.15) is 0 Å². The van der Waals surface area contributed by atoms with E-state index in [0.717, 1.165) is 0 Å². The molecule has 158 valence electrons. The number of ether oxygens (including phenoxy) is 3. The van der Waals surface area contributed by atoms with Crippen LogP contribution in [0.15, 0.2) is 0 Å². The monoisotopic (exact) mass is 410 g/mol. The summed E-state index contributed by atoms with van der Waals surface area (Å²) in [4.78, 5) is 13.9. The summed E-state index contributed by atoms with van der Waals surface area (Å²) in [6, 6.07) is 0. The van der Waals surface area contributed by atoms with E-state index in [1.165, 1.54) is 0 Å². The molecule has 0 unspecified atom stereocenters. The Morgan fingerprint density at radius 1 is 0.500 bits per heavy atom. The molecule has 0 fully saturated rings. The minimum atomic E-state index is -4.37. The highest BCUT2D eigenvalue weighted by Crippen LogP contribution is 2.50. The van der Waals surface area contributed by atoms with Crippen molar-refractivity contribution in [3.05, 3.63) is 0 Å². The molecule has 0 aromatic carbocycles. The average Bonchev–Trinajstić information content (AvgIpc) is 2.64. The van der Waals surface area contributed by atoms with Crippen LogP contribution < -0.4 is 0 Å². The van der Waals surface area contributed by atoms with Gasteiger partial charge >= 0.3 is 7.82 Å². The molecule has 0 bridgehead atoms.